The monoisotopic (exact) mass is 690 g/mol. The van der Waals surface area contributed by atoms with Crippen LogP contribution < -0.4 is 5.32 Å². The third-order valence-electron chi connectivity index (χ3n) is 10.4. The Morgan fingerprint density at radius 1 is 0.520 bits per heavy atom. The summed E-state index contributed by atoms with van der Waals surface area (Å²) in [4.78, 5) is 2.68. The molecule has 4 heteroatoms. The van der Waals surface area contributed by atoms with Crippen LogP contribution in [0, 0.1) is 5.41 Å². The van der Waals surface area contributed by atoms with Crippen molar-refractivity contribution in [3.05, 3.63) is 59.7 Å². The maximum atomic E-state index is 9.60. The molecule has 0 atom stereocenters. The molecule has 2 rings (SSSR count). The number of amidine groups is 1. The Bertz CT molecular complexity index is 1020. The molecule has 0 fully saturated rings. The average molecular weight is 690 g/mol. The molecule has 0 spiro atoms. The first-order valence-electron chi connectivity index (χ1n) is 21.6. The Morgan fingerprint density at radius 2 is 0.900 bits per heavy atom. The summed E-state index contributed by atoms with van der Waals surface area (Å²) in [5.41, 5.74) is 3.01. The summed E-state index contributed by atoms with van der Waals surface area (Å²) >= 11 is 0. The van der Waals surface area contributed by atoms with Gasteiger partial charge in [-0.25, -0.2) is 0 Å². The Balaban J connectivity index is 1.69. The van der Waals surface area contributed by atoms with E-state index in [0.29, 0.717) is 5.84 Å². The van der Waals surface area contributed by atoms with Gasteiger partial charge in [-0.05, 0) is 61.8 Å². The lowest BCUT2D eigenvalue weighted by atomic mass is 10.0. The van der Waals surface area contributed by atoms with Crippen LogP contribution in [0.5, 0.6) is 5.75 Å². The second-order valence-corrected chi connectivity index (χ2v) is 15.2. The number of phenolic OH excluding ortho intramolecular Hbond substituents is 1. The van der Waals surface area contributed by atoms with Crippen LogP contribution in [0.15, 0.2) is 48.5 Å². The van der Waals surface area contributed by atoms with E-state index in [9.17, 15) is 5.11 Å². The summed E-state index contributed by atoms with van der Waals surface area (Å²) in [6.07, 6.45) is 39.3. The summed E-state index contributed by atoms with van der Waals surface area (Å²) < 4.78 is 0. The van der Waals surface area contributed by atoms with Crippen molar-refractivity contribution in [2.24, 2.45) is 0 Å². The molecular weight excluding hydrogens is 611 g/mol. The Hall–Kier alpha value is -2.33. The first-order chi connectivity index (χ1) is 24.6. The fourth-order valence-corrected chi connectivity index (χ4v) is 7.17. The molecule has 0 aliphatic rings. The van der Waals surface area contributed by atoms with Gasteiger partial charge in [-0.2, -0.15) is 0 Å². The minimum absolute atomic E-state index is 0.238. The molecule has 0 unspecified atom stereocenters. The summed E-state index contributed by atoms with van der Waals surface area (Å²) in [5, 5.41) is 21.4. The molecule has 0 radical (unpaired) electrons. The predicted octanol–water partition coefficient (Wildman–Crippen LogP) is 14.6. The number of nitrogens with one attached hydrogen (secondary N) is 2. The topological polar surface area (TPSA) is 59.4 Å². The normalized spacial score (nSPS) is 11.4. The number of hydrogen-bond acceptors (Lipinski definition) is 3. The van der Waals surface area contributed by atoms with Crippen molar-refractivity contribution in [2.45, 2.75) is 200 Å². The van der Waals surface area contributed by atoms with Gasteiger partial charge >= 0.3 is 0 Å². The van der Waals surface area contributed by atoms with Gasteiger partial charge in [0, 0.05) is 17.8 Å². The fraction of sp³-hybridized carbons (Fsp3) is 0.717. The van der Waals surface area contributed by atoms with Crippen molar-refractivity contribution in [1.29, 1.82) is 5.41 Å². The summed E-state index contributed by atoms with van der Waals surface area (Å²) in [6, 6.07) is 15.4. The third kappa shape index (κ3) is 24.0. The lowest BCUT2D eigenvalue weighted by Crippen LogP contribution is -2.26. The zero-order valence-electron chi connectivity index (χ0n) is 32.9. The van der Waals surface area contributed by atoms with E-state index in [-0.39, 0.29) is 5.75 Å². The van der Waals surface area contributed by atoms with Crippen LogP contribution in [0.2, 0.25) is 0 Å². The number of nitrogens with zero attached hydrogens (tertiary/aromatic N) is 1. The molecule has 4 nitrogen and oxygen atoms in total. The minimum atomic E-state index is 0.238. The van der Waals surface area contributed by atoms with E-state index in [4.69, 9.17) is 5.41 Å². The van der Waals surface area contributed by atoms with Gasteiger partial charge in [-0.3, -0.25) is 10.3 Å². The Kier molecular flexibility index (Phi) is 27.5. The highest BCUT2D eigenvalue weighted by Crippen LogP contribution is 2.18. The molecule has 2 aromatic rings. The first-order valence-corrected chi connectivity index (χ1v) is 21.6. The summed E-state index contributed by atoms with van der Waals surface area (Å²) in [7, 11) is 0. The molecule has 0 aliphatic heterocycles. The van der Waals surface area contributed by atoms with Gasteiger partial charge in [0.05, 0.1) is 0 Å². The zero-order valence-corrected chi connectivity index (χ0v) is 32.9. The Morgan fingerprint density at radius 3 is 1.30 bits per heavy atom. The molecule has 0 aliphatic carbocycles. The van der Waals surface area contributed by atoms with Crippen molar-refractivity contribution in [1.82, 2.24) is 4.90 Å². The van der Waals surface area contributed by atoms with Gasteiger partial charge in [0.25, 0.3) is 0 Å². The molecule has 0 aromatic heterocycles. The maximum Gasteiger partial charge on any atom is 0.129 e. The number of rotatable bonds is 34. The standard InChI is InChI=1S/C46H79N3O/c1-3-5-7-9-11-13-15-17-19-21-23-25-27-29-38-49(39-30-28-26-24-22-20-18-16-14-12-10-8-6-4-2)41-42-32-31-33-43(40-42)46(47)48-44-34-36-45(50)37-35-44/h31-37,40,50H,3-30,38-39,41H2,1-2H3,(H2,47,48). The quantitative estimate of drug-likeness (QED) is 0.0297. The van der Waals surface area contributed by atoms with Gasteiger partial charge in [-0.15, -0.1) is 0 Å². The van der Waals surface area contributed by atoms with Crippen molar-refractivity contribution < 1.29 is 5.11 Å². The van der Waals surface area contributed by atoms with E-state index in [2.05, 4.69) is 42.3 Å². The second-order valence-electron chi connectivity index (χ2n) is 15.2. The second kappa shape index (κ2) is 31.4. The number of phenols is 1. The van der Waals surface area contributed by atoms with E-state index in [0.717, 1.165) is 17.8 Å². The SMILES string of the molecule is CCCCCCCCCCCCCCCCN(CCCCCCCCCCCCCCCC)Cc1cccc(C(=N)Nc2ccc(O)cc2)c1. The van der Waals surface area contributed by atoms with Crippen LogP contribution in [0.4, 0.5) is 5.69 Å². The fourth-order valence-electron chi connectivity index (χ4n) is 7.17. The smallest absolute Gasteiger partial charge is 0.129 e. The van der Waals surface area contributed by atoms with Crippen LogP contribution in [0.1, 0.15) is 205 Å². The molecular formula is C46H79N3O. The van der Waals surface area contributed by atoms with E-state index >= 15 is 0 Å². The van der Waals surface area contributed by atoms with Gasteiger partial charge in [0.15, 0.2) is 0 Å². The van der Waals surface area contributed by atoms with Crippen LogP contribution >= 0.6 is 0 Å². The molecule has 0 amide bonds. The molecule has 0 saturated heterocycles. The van der Waals surface area contributed by atoms with Gasteiger partial charge in [0.1, 0.15) is 11.6 Å². The lowest BCUT2D eigenvalue weighted by Gasteiger charge is -2.23. The summed E-state index contributed by atoms with van der Waals surface area (Å²) in [6.45, 7) is 7.89. The molecule has 3 N–H and O–H groups in total. The first kappa shape index (κ1) is 43.8. The predicted molar refractivity (Wildman–Crippen MR) is 221 cm³/mol. The summed E-state index contributed by atoms with van der Waals surface area (Å²) in [5.74, 6) is 0.629. The van der Waals surface area contributed by atoms with Gasteiger partial charge in [-0.1, -0.05) is 199 Å². The maximum absolute atomic E-state index is 9.60. The van der Waals surface area contributed by atoms with E-state index in [1.807, 2.05) is 18.2 Å². The molecule has 284 valence electrons. The molecule has 50 heavy (non-hydrogen) atoms. The van der Waals surface area contributed by atoms with Crippen molar-refractivity contribution in [3.63, 3.8) is 0 Å². The van der Waals surface area contributed by atoms with Crippen molar-refractivity contribution in [2.75, 3.05) is 18.4 Å². The highest BCUT2D eigenvalue weighted by atomic mass is 16.3. The average Bonchev–Trinajstić information content (AvgIpc) is 3.12. The van der Waals surface area contributed by atoms with Gasteiger partial charge in [0.2, 0.25) is 0 Å². The largest absolute Gasteiger partial charge is 0.508 e. The van der Waals surface area contributed by atoms with Crippen LogP contribution in [0.25, 0.3) is 0 Å². The molecule has 0 saturated carbocycles. The minimum Gasteiger partial charge on any atom is -0.508 e. The van der Waals surface area contributed by atoms with Gasteiger partial charge < -0.3 is 10.4 Å². The Labute approximate surface area is 310 Å². The van der Waals surface area contributed by atoms with E-state index in [1.165, 1.54) is 198 Å². The highest BCUT2D eigenvalue weighted by molar-refractivity contribution is 6.06. The number of hydrogen-bond donors (Lipinski definition) is 3. The van der Waals surface area contributed by atoms with E-state index < -0.39 is 0 Å². The third-order valence-corrected chi connectivity index (χ3v) is 10.4. The molecule has 0 heterocycles. The van der Waals surface area contributed by atoms with Crippen molar-refractivity contribution in [3.8, 4) is 5.75 Å². The van der Waals surface area contributed by atoms with E-state index in [1.54, 1.807) is 12.1 Å². The lowest BCUT2D eigenvalue weighted by molar-refractivity contribution is 0.252. The molecule has 2 aromatic carbocycles. The van der Waals surface area contributed by atoms with Crippen molar-refractivity contribution >= 4 is 11.5 Å². The number of anilines is 1. The molecule has 0 bridgehead atoms. The number of benzene rings is 2. The highest BCUT2D eigenvalue weighted by Gasteiger charge is 2.09. The van der Waals surface area contributed by atoms with Crippen LogP contribution in [-0.2, 0) is 6.54 Å². The number of aromatic hydroxyl groups is 1. The zero-order chi connectivity index (χ0) is 35.7. The van der Waals surface area contributed by atoms with Crippen LogP contribution in [0.3, 0.4) is 0 Å². The number of unbranched alkanes of at least 4 members (excludes halogenated alkanes) is 26. The van der Waals surface area contributed by atoms with Crippen LogP contribution in [-0.4, -0.2) is 28.9 Å².